The number of esters is 1. The lowest BCUT2D eigenvalue weighted by molar-refractivity contribution is 0.0510. The molecule has 1 heterocycles. The molecule has 0 aliphatic heterocycles. The first-order valence-electron chi connectivity index (χ1n) is 3.92. The fraction of sp³-hybridized carbons (Fsp3) is 0.571. The number of hydrogen-bond acceptors (Lipinski definition) is 6. The Balaban J connectivity index is 2.74. The molecule has 0 aliphatic carbocycles. The van der Waals surface area contributed by atoms with Crippen molar-refractivity contribution in [1.82, 2.24) is 10.3 Å². The average molecular weight is 186 g/mol. The summed E-state index contributed by atoms with van der Waals surface area (Å²) in [6.07, 6.45) is 0. The molecule has 13 heavy (non-hydrogen) atoms. The lowest BCUT2D eigenvalue weighted by Crippen LogP contribution is -2.07. The lowest BCUT2D eigenvalue weighted by atomic mass is 10.4. The molecular formula is C7H10N2O4. The first-order chi connectivity index (χ1) is 6.29. The van der Waals surface area contributed by atoms with Crippen molar-refractivity contribution >= 4 is 5.97 Å². The highest BCUT2D eigenvalue weighted by Crippen LogP contribution is 2.13. The minimum absolute atomic E-state index is 0.0244. The quantitative estimate of drug-likeness (QED) is 0.642. The molecule has 0 amide bonds. The van der Waals surface area contributed by atoms with Crippen LogP contribution in [0.3, 0.4) is 0 Å². The summed E-state index contributed by atoms with van der Waals surface area (Å²) in [4.78, 5) is 11.1. The van der Waals surface area contributed by atoms with E-state index in [0.717, 1.165) is 0 Å². The zero-order valence-corrected chi connectivity index (χ0v) is 7.44. The van der Waals surface area contributed by atoms with E-state index in [2.05, 4.69) is 14.9 Å². The number of carbonyl (C=O) groups is 1. The highest BCUT2D eigenvalue weighted by atomic mass is 16.6. The Kier molecular flexibility index (Phi) is 3.24. The van der Waals surface area contributed by atoms with Gasteiger partial charge in [-0.2, -0.15) is 0 Å². The van der Waals surface area contributed by atoms with Gasteiger partial charge in [-0.25, -0.2) is 9.42 Å². The standard InChI is InChI=1S/C7H10N2O4/c1-3-11-6-5(8-13-9-6)7(10)12-4-2/h3-4H2,1-2H3. The molecule has 1 rings (SSSR count). The zero-order chi connectivity index (χ0) is 9.68. The Labute approximate surface area is 74.8 Å². The maximum Gasteiger partial charge on any atom is 0.366 e. The molecule has 0 N–H and O–H groups in total. The van der Waals surface area contributed by atoms with Gasteiger partial charge in [0.25, 0.3) is 11.6 Å². The molecule has 1 aromatic heterocycles. The second-order valence-corrected chi connectivity index (χ2v) is 2.07. The van der Waals surface area contributed by atoms with Crippen molar-refractivity contribution in [3.63, 3.8) is 0 Å². The fourth-order valence-electron chi connectivity index (χ4n) is 0.736. The summed E-state index contributed by atoms with van der Waals surface area (Å²) >= 11 is 0. The van der Waals surface area contributed by atoms with Crippen molar-refractivity contribution in [2.75, 3.05) is 13.2 Å². The maximum atomic E-state index is 11.1. The number of rotatable bonds is 4. The van der Waals surface area contributed by atoms with Gasteiger partial charge in [-0.15, -0.1) is 0 Å². The molecule has 0 atom stereocenters. The summed E-state index contributed by atoms with van der Waals surface area (Å²) in [6, 6.07) is 0. The van der Waals surface area contributed by atoms with E-state index in [4.69, 9.17) is 9.47 Å². The van der Waals surface area contributed by atoms with Gasteiger partial charge in [0, 0.05) is 0 Å². The summed E-state index contributed by atoms with van der Waals surface area (Å²) < 4.78 is 14.0. The SMILES string of the molecule is CCOC(=O)c1nonc1OCC. The third kappa shape index (κ3) is 2.17. The number of ether oxygens (including phenoxy) is 2. The summed E-state index contributed by atoms with van der Waals surface area (Å²) in [5.41, 5.74) is -0.0244. The molecule has 72 valence electrons. The minimum atomic E-state index is -0.591. The molecule has 0 bridgehead atoms. The molecule has 0 saturated carbocycles. The Morgan fingerprint density at radius 2 is 2.15 bits per heavy atom. The van der Waals surface area contributed by atoms with E-state index < -0.39 is 5.97 Å². The summed E-state index contributed by atoms with van der Waals surface area (Å²) in [6.45, 7) is 4.13. The topological polar surface area (TPSA) is 74.5 Å². The second kappa shape index (κ2) is 4.44. The zero-order valence-electron chi connectivity index (χ0n) is 7.44. The summed E-state index contributed by atoms with van der Waals surface area (Å²) in [7, 11) is 0. The molecule has 0 fully saturated rings. The Morgan fingerprint density at radius 1 is 1.38 bits per heavy atom. The van der Waals surface area contributed by atoms with Gasteiger partial charge < -0.3 is 9.47 Å². The van der Waals surface area contributed by atoms with E-state index in [1.54, 1.807) is 13.8 Å². The van der Waals surface area contributed by atoms with Crippen LogP contribution in [-0.4, -0.2) is 29.5 Å². The van der Waals surface area contributed by atoms with Gasteiger partial charge >= 0.3 is 5.97 Å². The predicted molar refractivity (Wildman–Crippen MR) is 41.4 cm³/mol. The molecular weight excluding hydrogens is 176 g/mol. The third-order valence-corrected chi connectivity index (χ3v) is 1.21. The lowest BCUT2D eigenvalue weighted by Gasteiger charge is -1.99. The van der Waals surface area contributed by atoms with Crippen molar-refractivity contribution in [2.24, 2.45) is 0 Å². The predicted octanol–water partition coefficient (Wildman–Crippen LogP) is 0.645. The number of aromatic nitrogens is 2. The fourth-order valence-corrected chi connectivity index (χ4v) is 0.736. The van der Waals surface area contributed by atoms with Crippen LogP contribution < -0.4 is 4.74 Å². The average Bonchev–Trinajstić information content (AvgIpc) is 2.54. The smallest absolute Gasteiger partial charge is 0.366 e. The van der Waals surface area contributed by atoms with Gasteiger partial charge in [0.2, 0.25) is 0 Å². The van der Waals surface area contributed by atoms with Crippen LogP contribution in [0.25, 0.3) is 0 Å². The second-order valence-electron chi connectivity index (χ2n) is 2.07. The molecule has 0 aliphatic rings. The van der Waals surface area contributed by atoms with Crippen LogP contribution in [0.5, 0.6) is 5.88 Å². The van der Waals surface area contributed by atoms with Gasteiger partial charge in [-0.1, -0.05) is 0 Å². The van der Waals surface area contributed by atoms with Crippen LogP contribution in [0.1, 0.15) is 24.3 Å². The monoisotopic (exact) mass is 186 g/mol. The largest absolute Gasteiger partial charge is 0.474 e. The first kappa shape index (κ1) is 9.50. The molecule has 0 saturated heterocycles. The van der Waals surface area contributed by atoms with E-state index in [0.29, 0.717) is 6.61 Å². The van der Waals surface area contributed by atoms with Crippen LogP contribution in [0.2, 0.25) is 0 Å². The molecule has 6 heteroatoms. The van der Waals surface area contributed by atoms with E-state index >= 15 is 0 Å². The summed E-state index contributed by atoms with van der Waals surface area (Å²) in [5, 5.41) is 6.77. The van der Waals surface area contributed by atoms with Crippen LogP contribution in [0.15, 0.2) is 4.63 Å². The number of nitrogens with zero attached hydrogens (tertiary/aromatic N) is 2. The van der Waals surface area contributed by atoms with E-state index in [1.807, 2.05) is 0 Å². The van der Waals surface area contributed by atoms with Crippen molar-refractivity contribution in [2.45, 2.75) is 13.8 Å². The van der Waals surface area contributed by atoms with E-state index in [9.17, 15) is 4.79 Å². The first-order valence-corrected chi connectivity index (χ1v) is 3.92. The Hall–Kier alpha value is -1.59. The summed E-state index contributed by atoms with van der Waals surface area (Å²) in [5.74, 6) is -0.520. The van der Waals surface area contributed by atoms with Gasteiger partial charge in [-0.3, -0.25) is 0 Å². The van der Waals surface area contributed by atoms with Crippen molar-refractivity contribution in [3.05, 3.63) is 5.69 Å². The van der Waals surface area contributed by atoms with Gasteiger partial charge in [0.05, 0.1) is 13.2 Å². The highest BCUT2D eigenvalue weighted by Gasteiger charge is 2.20. The highest BCUT2D eigenvalue weighted by molar-refractivity contribution is 5.89. The molecule has 6 nitrogen and oxygen atoms in total. The molecule has 0 unspecified atom stereocenters. The normalized spacial score (nSPS) is 9.69. The third-order valence-electron chi connectivity index (χ3n) is 1.21. The van der Waals surface area contributed by atoms with Crippen LogP contribution >= 0.6 is 0 Å². The molecule has 0 aromatic carbocycles. The molecule has 0 radical (unpaired) electrons. The van der Waals surface area contributed by atoms with Gasteiger partial charge in [-0.05, 0) is 24.2 Å². The van der Waals surface area contributed by atoms with E-state index in [1.165, 1.54) is 0 Å². The van der Waals surface area contributed by atoms with Crippen molar-refractivity contribution in [3.8, 4) is 5.88 Å². The Bertz CT molecular complexity index is 284. The van der Waals surface area contributed by atoms with Crippen molar-refractivity contribution in [1.29, 1.82) is 0 Å². The Morgan fingerprint density at radius 3 is 2.77 bits per heavy atom. The van der Waals surface area contributed by atoms with Crippen LogP contribution in [0.4, 0.5) is 0 Å². The van der Waals surface area contributed by atoms with Crippen LogP contribution in [-0.2, 0) is 4.74 Å². The maximum absolute atomic E-state index is 11.1. The van der Waals surface area contributed by atoms with Crippen LogP contribution in [0, 0.1) is 0 Å². The molecule has 0 spiro atoms. The van der Waals surface area contributed by atoms with Gasteiger partial charge in [0.15, 0.2) is 0 Å². The van der Waals surface area contributed by atoms with Gasteiger partial charge in [0.1, 0.15) is 0 Å². The number of carbonyl (C=O) groups excluding carboxylic acids is 1. The van der Waals surface area contributed by atoms with Crippen molar-refractivity contribution < 1.29 is 18.9 Å². The van der Waals surface area contributed by atoms with E-state index in [-0.39, 0.29) is 18.2 Å². The minimum Gasteiger partial charge on any atom is -0.474 e. The molecule has 1 aromatic rings. The number of hydrogen-bond donors (Lipinski definition) is 0.